The molecule has 0 radical (unpaired) electrons. The average Bonchev–Trinajstić information content (AvgIpc) is 3.38. The van der Waals surface area contributed by atoms with Crippen LogP contribution in [0.25, 0.3) is 5.65 Å². The molecule has 7 nitrogen and oxygen atoms in total. The van der Waals surface area contributed by atoms with Gasteiger partial charge >= 0.3 is 0 Å². The van der Waals surface area contributed by atoms with Crippen LogP contribution in [0, 0.1) is 0 Å². The fourth-order valence-electron chi connectivity index (χ4n) is 4.26. The molecule has 4 rings (SSSR count). The monoisotopic (exact) mass is 466 g/mol. The molecule has 3 aromatic heterocycles. The predicted molar refractivity (Wildman–Crippen MR) is 115 cm³/mol. The van der Waals surface area contributed by atoms with E-state index in [1.54, 1.807) is 29.8 Å². The van der Waals surface area contributed by atoms with Gasteiger partial charge in [0.25, 0.3) is 12.3 Å². The van der Waals surface area contributed by atoms with Crippen LogP contribution in [-0.2, 0) is 13.5 Å². The highest BCUT2D eigenvalue weighted by molar-refractivity contribution is 5.95. The van der Waals surface area contributed by atoms with E-state index in [2.05, 4.69) is 20.7 Å². The fraction of sp³-hybridized carbons (Fsp3) is 0.500. The highest BCUT2D eigenvalue weighted by Gasteiger charge is 2.25. The molecule has 0 atom stereocenters. The van der Waals surface area contributed by atoms with Crippen molar-refractivity contribution in [3.8, 4) is 0 Å². The molecule has 1 aliphatic rings. The molecule has 0 saturated heterocycles. The lowest BCUT2D eigenvalue weighted by Crippen LogP contribution is -2.40. The number of aryl methyl sites for hydroxylation is 2. The molecule has 1 fully saturated rings. The number of nitrogens with zero attached hydrogens (tertiary/aromatic N) is 4. The van der Waals surface area contributed by atoms with Gasteiger partial charge in [-0.2, -0.15) is 5.10 Å². The molecule has 3 heterocycles. The smallest absolute Gasteiger partial charge is 0.281 e. The predicted octanol–water partition coefficient (Wildman–Crippen LogP) is 4.36. The molecular weight excluding hydrogens is 440 g/mol. The second-order valence-corrected chi connectivity index (χ2v) is 8.36. The number of anilines is 1. The zero-order chi connectivity index (χ0) is 23.5. The first-order chi connectivity index (χ1) is 15.8. The Bertz CT molecular complexity index is 1100. The highest BCUT2D eigenvalue weighted by atomic mass is 19.3. The molecule has 1 aliphatic carbocycles. The van der Waals surface area contributed by atoms with Gasteiger partial charge in [-0.05, 0) is 44.2 Å². The molecule has 1 saturated carbocycles. The van der Waals surface area contributed by atoms with E-state index in [0.717, 1.165) is 25.7 Å². The molecule has 2 N–H and O–H groups in total. The van der Waals surface area contributed by atoms with Crippen molar-refractivity contribution in [1.82, 2.24) is 24.5 Å². The van der Waals surface area contributed by atoms with Gasteiger partial charge in [0.05, 0.1) is 11.3 Å². The van der Waals surface area contributed by atoms with Crippen molar-refractivity contribution in [2.45, 2.75) is 63.5 Å². The van der Waals surface area contributed by atoms with Gasteiger partial charge in [0.1, 0.15) is 17.2 Å². The molecule has 11 heteroatoms. The van der Waals surface area contributed by atoms with Gasteiger partial charge in [0.15, 0.2) is 0 Å². The minimum absolute atomic E-state index is 0.0341. The number of carbonyl (C=O) groups is 1. The van der Waals surface area contributed by atoms with Crippen LogP contribution < -0.4 is 10.6 Å². The quantitative estimate of drug-likeness (QED) is 0.484. The van der Waals surface area contributed by atoms with Crippen molar-refractivity contribution >= 4 is 17.4 Å². The van der Waals surface area contributed by atoms with Crippen LogP contribution in [0.3, 0.4) is 0 Å². The van der Waals surface area contributed by atoms with E-state index < -0.39 is 12.9 Å². The van der Waals surface area contributed by atoms with Crippen molar-refractivity contribution < 1.29 is 22.4 Å². The van der Waals surface area contributed by atoms with Crippen molar-refractivity contribution in [2.75, 3.05) is 5.32 Å². The van der Waals surface area contributed by atoms with E-state index in [1.165, 1.54) is 10.9 Å². The van der Waals surface area contributed by atoms with Crippen LogP contribution >= 0.6 is 0 Å². The summed E-state index contributed by atoms with van der Waals surface area (Å²) in [5, 5.41) is 10.6. The largest absolute Gasteiger partial charge is 0.368 e. The summed E-state index contributed by atoms with van der Waals surface area (Å²) in [6.45, 7) is 0. The number of hydrogen-bond donors (Lipinski definition) is 2. The Kier molecular flexibility index (Phi) is 6.85. The summed E-state index contributed by atoms with van der Waals surface area (Å²) in [4.78, 5) is 16.7. The molecule has 0 aliphatic heterocycles. The second kappa shape index (κ2) is 9.80. The van der Waals surface area contributed by atoms with Gasteiger partial charge in [-0.15, -0.1) is 0 Å². The molecule has 0 unspecified atom stereocenters. The highest BCUT2D eigenvalue weighted by Crippen LogP contribution is 2.25. The molecule has 3 aromatic rings. The number of alkyl halides is 4. The van der Waals surface area contributed by atoms with Crippen molar-refractivity contribution in [3.05, 3.63) is 47.5 Å². The number of nitrogens with one attached hydrogen (secondary N) is 2. The average molecular weight is 466 g/mol. The fourth-order valence-corrected chi connectivity index (χ4v) is 4.26. The Morgan fingerprint density at radius 3 is 2.55 bits per heavy atom. The number of rotatable bonds is 8. The Labute approximate surface area is 188 Å². The summed E-state index contributed by atoms with van der Waals surface area (Å²) in [6.07, 6.45) is 0.564. The SMILES string of the molecule is Cn1cc(C(=O)NC2CCC(Nc3cccc4nc(C(F)F)cn34)CC2)c(CCC(F)F)n1. The normalized spacial score (nSPS) is 18.9. The van der Waals surface area contributed by atoms with E-state index >= 15 is 0 Å². The molecule has 33 heavy (non-hydrogen) atoms. The van der Waals surface area contributed by atoms with Crippen molar-refractivity contribution in [1.29, 1.82) is 0 Å². The first-order valence-electron chi connectivity index (χ1n) is 10.9. The van der Waals surface area contributed by atoms with Crippen LogP contribution in [0.5, 0.6) is 0 Å². The Morgan fingerprint density at radius 2 is 1.85 bits per heavy atom. The number of carbonyl (C=O) groups excluding carboxylic acids is 1. The third-order valence-electron chi connectivity index (χ3n) is 5.90. The summed E-state index contributed by atoms with van der Waals surface area (Å²) >= 11 is 0. The van der Waals surface area contributed by atoms with Gasteiger partial charge in [0.2, 0.25) is 6.43 Å². The van der Waals surface area contributed by atoms with Crippen LogP contribution in [-0.4, -0.2) is 43.6 Å². The number of hydrogen-bond acceptors (Lipinski definition) is 4. The first-order valence-corrected chi connectivity index (χ1v) is 10.9. The molecule has 0 aromatic carbocycles. The summed E-state index contributed by atoms with van der Waals surface area (Å²) < 4.78 is 54.2. The van der Waals surface area contributed by atoms with Gasteiger partial charge in [-0.25, -0.2) is 22.5 Å². The van der Waals surface area contributed by atoms with E-state index in [9.17, 15) is 22.4 Å². The molecule has 0 bridgehead atoms. The number of halogens is 4. The third kappa shape index (κ3) is 5.45. The molecule has 0 spiro atoms. The maximum atomic E-state index is 13.0. The summed E-state index contributed by atoms with van der Waals surface area (Å²) in [5.74, 6) is 0.393. The van der Waals surface area contributed by atoms with Crippen molar-refractivity contribution in [3.63, 3.8) is 0 Å². The van der Waals surface area contributed by atoms with Crippen molar-refractivity contribution in [2.24, 2.45) is 7.05 Å². The van der Waals surface area contributed by atoms with E-state index in [4.69, 9.17) is 0 Å². The lowest BCUT2D eigenvalue weighted by Gasteiger charge is -2.30. The number of fused-ring (bicyclic) bond motifs is 1. The lowest BCUT2D eigenvalue weighted by atomic mass is 9.91. The molecule has 1 amide bonds. The summed E-state index contributed by atoms with van der Waals surface area (Å²) in [5.41, 5.74) is 0.900. The topological polar surface area (TPSA) is 76.2 Å². The second-order valence-electron chi connectivity index (χ2n) is 8.36. The van der Waals surface area contributed by atoms with Gasteiger partial charge in [-0.3, -0.25) is 13.9 Å². The lowest BCUT2D eigenvalue weighted by molar-refractivity contribution is 0.0924. The first kappa shape index (κ1) is 23.1. The zero-order valence-corrected chi connectivity index (χ0v) is 18.1. The minimum atomic E-state index is -2.63. The Hall–Kier alpha value is -3.11. The van der Waals surface area contributed by atoms with Gasteiger partial charge in [-0.1, -0.05) is 6.07 Å². The number of amides is 1. The van der Waals surface area contributed by atoms with E-state index in [1.807, 2.05) is 6.07 Å². The zero-order valence-electron chi connectivity index (χ0n) is 18.1. The maximum Gasteiger partial charge on any atom is 0.281 e. The van der Waals surface area contributed by atoms with Crippen LogP contribution in [0.15, 0.2) is 30.6 Å². The Balaban J connectivity index is 1.34. The minimum Gasteiger partial charge on any atom is -0.368 e. The van der Waals surface area contributed by atoms with E-state index in [-0.39, 0.29) is 36.5 Å². The van der Waals surface area contributed by atoms with E-state index in [0.29, 0.717) is 22.7 Å². The standard InChI is InChI=1S/C22H26F4N6O/c1-31-11-15(16(30-31)9-10-18(23)24)22(33)28-14-7-5-13(6-8-14)27-19-3-2-4-20-29-17(21(25)26)12-32(19)20/h2-4,11-14,18,21,27H,5-10H2,1H3,(H,28,33). The number of pyridine rings is 1. The third-order valence-corrected chi connectivity index (χ3v) is 5.90. The van der Waals surface area contributed by atoms with Crippen LogP contribution in [0.4, 0.5) is 23.4 Å². The van der Waals surface area contributed by atoms with Gasteiger partial charge in [0, 0.05) is 37.9 Å². The number of aromatic nitrogens is 4. The molecular formula is C22H26F4N6O. The summed E-state index contributed by atoms with van der Waals surface area (Å²) in [7, 11) is 1.66. The van der Waals surface area contributed by atoms with Crippen LogP contribution in [0.2, 0.25) is 0 Å². The number of imidazole rings is 1. The Morgan fingerprint density at radius 1 is 1.12 bits per heavy atom. The maximum absolute atomic E-state index is 13.0. The van der Waals surface area contributed by atoms with Gasteiger partial charge < -0.3 is 10.6 Å². The van der Waals surface area contributed by atoms with Crippen LogP contribution in [0.1, 0.15) is 60.3 Å². The molecule has 178 valence electrons. The summed E-state index contributed by atoms with van der Waals surface area (Å²) in [6, 6.07) is 5.36.